The first-order chi connectivity index (χ1) is 13.4. The van der Waals surface area contributed by atoms with Gasteiger partial charge in [-0.15, -0.1) is 0 Å². The van der Waals surface area contributed by atoms with E-state index in [-0.39, 0.29) is 11.5 Å². The Bertz CT molecular complexity index is 921. The summed E-state index contributed by atoms with van der Waals surface area (Å²) < 4.78 is 7.67. The molecule has 0 spiro atoms. The highest BCUT2D eigenvalue weighted by Crippen LogP contribution is 2.22. The summed E-state index contributed by atoms with van der Waals surface area (Å²) in [5.74, 6) is 2.20. The Morgan fingerprint density at radius 3 is 2.75 bits per heavy atom. The number of oxazole rings is 1. The minimum Gasteiger partial charge on any atom is -0.443 e. The molecule has 0 fully saturated rings. The van der Waals surface area contributed by atoms with Crippen molar-refractivity contribution < 1.29 is 4.42 Å². The molecule has 3 aromatic rings. The van der Waals surface area contributed by atoms with E-state index in [1.54, 1.807) is 19.4 Å². The fourth-order valence-electron chi connectivity index (χ4n) is 2.74. The topological polar surface area (TPSA) is 80.3 Å². The maximum absolute atomic E-state index is 5.82. The number of nitrogens with one attached hydrogen (secondary N) is 2. The molecule has 0 aliphatic heterocycles. The van der Waals surface area contributed by atoms with Gasteiger partial charge >= 0.3 is 0 Å². The Labute approximate surface area is 165 Å². The van der Waals surface area contributed by atoms with Crippen LogP contribution in [0, 0.1) is 0 Å². The number of nitrogens with zero attached hydrogens (tertiary/aromatic N) is 4. The molecule has 1 unspecified atom stereocenters. The summed E-state index contributed by atoms with van der Waals surface area (Å²) in [5, 5.41) is 10.9. The van der Waals surface area contributed by atoms with Gasteiger partial charge in [-0.25, -0.2) is 9.67 Å². The lowest BCUT2D eigenvalue weighted by molar-refractivity contribution is 0.379. The normalized spacial score (nSPS) is 13.4. The molecular formula is C21H28N6O. The molecule has 0 aliphatic carbocycles. The van der Waals surface area contributed by atoms with Crippen molar-refractivity contribution in [3.8, 4) is 5.69 Å². The lowest BCUT2D eigenvalue weighted by Gasteiger charge is -2.18. The maximum atomic E-state index is 5.82. The molecule has 3 rings (SSSR count). The van der Waals surface area contributed by atoms with Crippen LogP contribution in [0.4, 0.5) is 0 Å². The molecule has 0 saturated heterocycles. The second kappa shape index (κ2) is 8.29. The van der Waals surface area contributed by atoms with E-state index in [9.17, 15) is 0 Å². The standard InChI is InChI=1S/C21H28N6O/c1-15(16-8-6-9-17(12-16)27-11-7-10-25-27)26-20(22-5)24-14-19-23-13-18(28-19)21(2,3)4/h6-13,15H,14H2,1-5H3,(H2,22,24,26). The van der Waals surface area contributed by atoms with Crippen molar-refractivity contribution in [2.24, 2.45) is 4.99 Å². The SMILES string of the molecule is CN=C(NCc1ncc(C(C)(C)C)o1)NC(C)c1cccc(-n2cccn2)c1. The maximum Gasteiger partial charge on any atom is 0.213 e. The fourth-order valence-corrected chi connectivity index (χ4v) is 2.74. The fraction of sp³-hybridized carbons (Fsp3) is 0.381. The second-order valence-electron chi connectivity index (χ2n) is 7.71. The van der Waals surface area contributed by atoms with Gasteiger partial charge < -0.3 is 15.1 Å². The summed E-state index contributed by atoms with van der Waals surface area (Å²) in [7, 11) is 1.75. The van der Waals surface area contributed by atoms with Crippen molar-refractivity contribution in [3.63, 3.8) is 0 Å². The van der Waals surface area contributed by atoms with Crippen molar-refractivity contribution in [2.45, 2.75) is 45.7 Å². The van der Waals surface area contributed by atoms with Crippen LogP contribution in [0.2, 0.25) is 0 Å². The molecule has 2 N–H and O–H groups in total. The summed E-state index contributed by atoms with van der Waals surface area (Å²) in [6, 6.07) is 10.2. The molecule has 7 nitrogen and oxygen atoms in total. The zero-order valence-corrected chi connectivity index (χ0v) is 17.1. The van der Waals surface area contributed by atoms with Gasteiger partial charge in [-0.05, 0) is 30.7 Å². The third-order valence-corrected chi connectivity index (χ3v) is 4.42. The van der Waals surface area contributed by atoms with Gasteiger partial charge in [0.2, 0.25) is 5.89 Å². The van der Waals surface area contributed by atoms with E-state index < -0.39 is 0 Å². The Morgan fingerprint density at radius 2 is 2.11 bits per heavy atom. The molecule has 0 aliphatic rings. The number of hydrogen-bond acceptors (Lipinski definition) is 4. The number of aliphatic imine (C=N–C) groups is 1. The number of benzene rings is 1. The van der Waals surface area contributed by atoms with Gasteiger partial charge in [-0.1, -0.05) is 32.9 Å². The third-order valence-electron chi connectivity index (χ3n) is 4.42. The highest BCUT2D eigenvalue weighted by Gasteiger charge is 2.19. The summed E-state index contributed by atoms with van der Waals surface area (Å²) in [5.41, 5.74) is 2.11. The van der Waals surface area contributed by atoms with Gasteiger partial charge in [-0.3, -0.25) is 4.99 Å². The van der Waals surface area contributed by atoms with E-state index in [4.69, 9.17) is 4.42 Å². The Balaban J connectivity index is 1.62. The highest BCUT2D eigenvalue weighted by molar-refractivity contribution is 5.80. The summed E-state index contributed by atoms with van der Waals surface area (Å²) in [6.45, 7) is 8.87. The minimum atomic E-state index is -0.0563. The van der Waals surface area contributed by atoms with Crippen molar-refractivity contribution in [1.82, 2.24) is 25.4 Å². The van der Waals surface area contributed by atoms with Gasteiger partial charge in [0.25, 0.3) is 0 Å². The van der Waals surface area contributed by atoms with Crippen LogP contribution in [0.25, 0.3) is 5.69 Å². The van der Waals surface area contributed by atoms with Crippen molar-refractivity contribution in [2.75, 3.05) is 7.05 Å². The second-order valence-corrected chi connectivity index (χ2v) is 7.71. The number of aromatic nitrogens is 3. The Morgan fingerprint density at radius 1 is 1.29 bits per heavy atom. The summed E-state index contributed by atoms with van der Waals surface area (Å²) >= 11 is 0. The number of guanidine groups is 1. The molecule has 1 atom stereocenters. The zero-order chi connectivity index (χ0) is 20.1. The van der Waals surface area contributed by atoms with Crippen LogP contribution < -0.4 is 10.6 Å². The third kappa shape index (κ3) is 4.79. The quantitative estimate of drug-likeness (QED) is 0.522. The van der Waals surface area contributed by atoms with Crippen molar-refractivity contribution >= 4 is 5.96 Å². The van der Waals surface area contributed by atoms with E-state index >= 15 is 0 Å². The Kier molecular flexibility index (Phi) is 5.82. The lowest BCUT2D eigenvalue weighted by atomic mass is 9.94. The molecule has 7 heteroatoms. The van der Waals surface area contributed by atoms with Crippen LogP contribution in [-0.2, 0) is 12.0 Å². The van der Waals surface area contributed by atoms with E-state index in [0.717, 1.165) is 17.0 Å². The van der Waals surface area contributed by atoms with Crippen molar-refractivity contribution in [3.05, 3.63) is 66.1 Å². The van der Waals surface area contributed by atoms with Crippen LogP contribution in [0.5, 0.6) is 0 Å². The number of hydrogen-bond donors (Lipinski definition) is 2. The van der Waals surface area contributed by atoms with Crippen LogP contribution in [0.3, 0.4) is 0 Å². The molecular weight excluding hydrogens is 352 g/mol. The average Bonchev–Trinajstić information content (AvgIpc) is 3.36. The average molecular weight is 380 g/mol. The number of rotatable bonds is 5. The molecule has 1 aromatic carbocycles. The molecule has 28 heavy (non-hydrogen) atoms. The van der Waals surface area contributed by atoms with Crippen molar-refractivity contribution in [1.29, 1.82) is 0 Å². The largest absolute Gasteiger partial charge is 0.443 e. The van der Waals surface area contributed by atoms with E-state index in [2.05, 4.69) is 65.5 Å². The van der Waals surface area contributed by atoms with Gasteiger partial charge in [0.15, 0.2) is 5.96 Å². The van der Waals surface area contributed by atoms with Gasteiger partial charge in [0.1, 0.15) is 5.76 Å². The van der Waals surface area contributed by atoms with Gasteiger partial charge in [0.05, 0.1) is 24.5 Å². The predicted molar refractivity (Wildman–Crippen MR) is 111 cm³/mol. The van der Waals surface area contributed by atoms with Crippen LogP contribution in [-0.4, -0.2) is 27.8 Å². The first-order valence-electron chi connectivity index (χ1n) is 9.39. The van der Waals surface area contributed by atoms with E-state index in [1.165, 1.54) is 0 Å². The molecule has 0 bridgehead atoms. The zero-order valence-electron chi connectivity index (χ0n) is 17.1. The molecule has 0 saturated carbocycles. The van der Waals surface area contributed by atoms with Crippen LogP contribution in [0.1, 0.15) is 51.0 Å². The molecule has 0 amide bonds. The van der Waals surface area contributed by atoms with Crippen LogP contribution >= 0.6 is 0 Å². The molecule has 0 radical (unpaired) electrons. The first kappa shape index (κ1) is 19.7. The van der Waals surface area contributed by atoms with Gasteiger partial charge in [0, 0.05) is 24.9 Å². The highest BCUT2D eigenvalue weighted by atomic mass is 16.4. The van der Waals surface area contributed by atoms with Gasteiger partial charge in [-0.2, -0.15) is 5.10 Å². The molecule has 2 aromatic heterocycles. The van der Waals surface area contributed by atoms with E-state index in [0.29, 0.717) is 18.4 Å². The Hall–Kier alpha value is -3.09. The summed E-state index contributed by atoms with van der Waals surface area (Å²) in [6.07, 6.45) is 5.49. The molecule has 148 valence electrons. The first-order valence-corrected chi connectivity index (χ1v) is 9.39. The summed E-state index contributed by atoms with van der Waals surface area (Å²) in [4.78, 5) is 8.65. The minimum absolute atomic E-state index is 0.0563. The smallest absolute Gasteiger partial charge is 0.213 e. The van der Waals surface area contributed by atoms with Crippen LogP contribution in [0.15, 0.2) is 58.3 Å². The predicted octanol–water partition coefficient (Wildman–Crippen LogP) is 3.58. The van der Waals surface area contributed by atoms with E-state index in [1.807, 2.05) is 29.1 Å². The monoisotopic (exact) mass is 380 g/mol. The molecule has 2 heterocycles. The lowest BCUT2D eigenvalue weighted by Crippen LogP contribution is -2.38.